The lowest BCUT2D eigenvalue weighted by atomic mass is 10.0. The summed E-state index contributed by atoms with van der Waals surface area (Å²) >= 11 is 0. The molecule has 0 fully saturated rings. The van der Waals surface area contributed by atoms with Gasteiger partial charge in [0, 0.05) is 12.8 Å². The number of rotatable bonds is 71. The first kappa shape index (κ1) is 79.6. The van der Waals surface area contributed by atoms with Gasteiger partial charge in [-0.1, -0.05) is 379 Å². The minimum Gasteiger partial charge on any atom is -0.466 e. The van der Waals surface area contributed by atoms with E-state index in [1.54, 1.807) is 0 Å². The van der Waals surface area contributed by atoms with Crippen molar-refractivity contribution in [2.24, 2.45) is 0 Å². The van der Waals surface area contributed by atoms with Crippen LogP contribution < -0.4 is 5.32 Å². The van der Waals surface area contributed by atoms with E-state index >= 15 is 0 Å². The first-order valence-electron chi connectivity index (χ1n) is 37.4. The highest BCUT2D eigenvalue weighted by molar-refractivity contribution is 5.76. The fourth-order valence-electron chi connectivity index (χ4n) is 12.1. The van der Waals surface area contributed by atoms with Gasteiger partial charge in [-0.3, -0.25) is 9.59 Å². The zero-order valence-corrected chi connectivity index (χ0v) is 55.3. The van der Waals surface area contributed by atoms with Crippen LogP contribution in [0.3, 0.4) is 0 Å². The van der Waals surface area contributed by atoms with Crippen molar-refractivity contribution in [3.05, 3.63) is 12.2 Å². The molecule has 0 bridgehead atoms. The van der Waals surface area contributed by atoms with Gasteiger partial charge in [-0.15, -0.1) is 0 Å². The fraction of sp³-hybridized carbons (Fsp3) is 0.947. The molecule has 81 heavy (non-hydrogen) atoms. The summed E-state index contributed by atoms with van der Waals surface area (Å²) in [4.78, 5) is 24.6. The predicted molar refractivity (Wildman–Crippen MR) is 357 cm³/mol. The Morgan fingerprint density at radius 3 is 0.877 bits per heavy atom. The Morgan fingerprint density at radius 2 is 0.580 bits per heavy atom. The Bertz CT molecular complexity index is 1220. The fourth-order valence-corrected chi connectivity index (χ4v) is 12.1. The molecule has 482 valence electrons. The summed E-state index contributed by atoms with van der Waals surface area (Å²) in [7, 11) is 0. The average Bonchev–Trinajstić information content (AvgIpc) is 3.47. The highest BCUT2D eigenvalue weighted by Crippen LogP contribution is 2.20. The molecule has 3 N–H and O–H groups in total. The highest BCUT2D eigenvalue weighted by atomic mass is 16.5. The number of aliphatic hydroxyl groups is 2. The molecule has 0 aliphatic rings. The molecule has 0 aromatic heterocycles. The molecule has 2 unspecified atom stereocenters. The molecule has 6 nitrogen and oxygen atoms in total. The number of unbranched alkanes of at least 4 members (excludes halogenated alkanes) is 58. The maximum Gasteiger partial charge on any atom is 0.305 e. The third-order valence-corrected chi connectivity index (χ3v) is 17.8. The molecule has 0 saturated carbocycles. The number of amides is 1. The minimum atomic E-state index is -0.661. The molecule has 0 aromatic rings. The summed E-state index contributed by atoms with van der Waals surface area (Å²) in [6.07, 6.45) is 88.5. The second-order valence-electron chi connectivity index (χ2n) is 26.0. The van der Waals surface area contributed by atoms with E-state index in [0.717, 1.165) is 44.9 Å². The Labute approximate surface area is 508 Å². The van der Waals surface area contributed by atoms with Crippen LogP contribution in [0.1, 0.15) is 431 Å². The maximum atomic E-state index is 12.5. The van der Waals surface area contributed by atoms with Crippen LogP contribution in [0.15, 0.2) is 12.2 Å². The van der Waals surface area contributed by atoms with Crippen LogP contribution in [0.25, 0.3) is 0 Å². The number of hydrogen-bond donors (Lipinski definition) is 3. The summed E-state index contributed by atoms with van der Waals surface area (Å²) in [6, 6.07) is -0.538. The van der Waals surface area contributed by atoms with Gasteiger partial charge in [-0.2, -0.15) is 0 Å². The van der Waals surface area contributed by atoms with Crippen LogP contribution in [0.5, 0.6) is 0 Å². The van der Waals surface area contributed by atoms with E-state index in [0.29, 0.717) is 25.9 Å². The minimum absolute atomic E-state index is 0.0138. The zero-order chi connectivity index (χ0) is 58.5. The van der Waals surface area contributed by atoms with Crippen molar-refractivity contribution in [1.82, 2.24) is 5.32 Å². The van der Waals surface area contributed by atoms with Gasteiger partial charge < -0.3 is 20.3 Å². The van der Waals surface area contributed by atoms with Crippen molar-refractivity contribution in [2.45, 2.75) is 443 Å². The number of aliphatic hydroxyl groups excluding tert-OH is 2. The molecule has 0 aliphatic carbocycles. The monoisotopic (exact) mass is 1140 g/mol. The average molecular weight is 1140 g/mol. The Kier molecular flexibility index (Phi) is 69.9. The maximum absolute atomic E-state index is 12.5. The number of hydrogen-bond acceptors (Lipinski definition) is 5. The summed E-state index contributed by atoms with van der Waals surface area (Å²) < 4.78 is 5.50. The van der Waals surface area contributed by atoms with Crippen molar-refractivity contribution in [3.63, 3.8) is 0 Å². The first-order chi connectivity index (χ1) is 40.0. The predicted octanol–water partition coefficient (Wildman–Crippen LogP) is 24.3. The summed E-state index contributed by atoms with van der Waals surface area (Å²) in [5.74, 6) is -0.0123. The van der Waals surface area contributed by atoms with E-state index in [9.17, 15) is 19.8 Å². The quantitative estimate of drug-likeness (QED) is 0.0320. The Balaban J connectivity index is 3.32. The highest BCUT2D eigenvalue weighted by Gasteiger charge is 2.20. The molecule has 0 aromatic carbocycles. The summed E-state index contributed by atoms with van der Waals surface area (Å²) in [5, 5.41) is 23.4. The van der Waals surface area contributed by atoms with Gasteiger partial charge in [0.1, 0.15) is 0 Å². The van der Waals surface area contributed by atoms with Crippen LogP contribution in [0.4, 0.5) is 0 Å². The van der Waals surface area contributed by atoms with E-state index in [-0.39, 0.29) is 18.5 Å². The molecule has 0 saturated heterocycles. The van der Waals surface area contributed by atoms with E-state index < -0.39 is 12.1 Å². The van der Waals surface area contributed by atoms with Gasteiger partial charge in [-0.05, 0) is 51.4 Å². The molecular formula is C75H147NO5. The molecule has 0 rings (SSSR count). The van der Waals surface area contributed by atoms with Gasteiger partial charge in [0.25, 0.3) is 0 Å². The lowest BCUT2D eigenvalue weighted by Crippen LogP contribution is -2.45. The van der Waals surface area contributed by atoms with Crippen LogP contribution in [-0.2, 0) is 14.3 Å². The summed E-state index contributed by atoms with van der Waals surface area (Å²) in [6.45, 7) is 4.99. The van der Waals surface area contributed by atoms with Gasteiger partial charge in [0.15, 0.2) is 0 Å². The molecule has 0 radical (unpaired) electrons. The number of carbonyl (C=O) groups excluding carboxylic acids is 2. The number of nitrogens with one attached hydrogen (secondary N) is 1. The number of carbonyl (C=O) groups is 2. The normalized spacial score (nSPS) is 12.5. The second-order valence-corrected chi connectivity index (χ2v) is 26.0. The van der Waals surface area contributed by atoms with Crippen molar-refractivity contribution in [3.8, 4) is 0 Å². The van der Waals surface area contributed by atoms with Gasteiger partial charge >= 0.3 is 5.97 Å². The number of ether oxygens (including phenoxy) is 1. The third kappa shape index (κ3) is 67.6. The number of allylic oxidation sites excluding steroid dienone is 2. The molecule has 0 aliphatic heterocycles. The SMILES string of the molecule is CCCCCCCC/C=C\CCCCCCCC(=O)OCCCCCCCCCCCCCCCCCCCCCCCCCCCCCCCCCC(=O)NC(CO)C(O)CCCCCCCCCCCCCCCCCCCC. The van der Waals surface area contributed by atoms with Gasteiger partial charge in [0.05, 0.1) is 25.4 Å². The van der Waals surface area contributed by atoms with Crippen LogP contribution >= 0.6 is 0 Å². The topological polar surface area (TPSA) is 95.9 Å². The summed E-state index contributed by atoms with van der Waals surface area (Å²) in [5.41, 5.74) is 0. The van der Waals surface area contributed by atoms with Crippen molar-refractivity contribution in [2.75, 3.05) is 13.2 Å². The third-order valence-electron chi connectivity index (χ3n) is 17.8. The van der Waals surface area contributed by atoms with Crippen molar-refractivity contribution < 1.29 is 24.5 Å². The van der Waals surface area contributed by atoms with Crippen LogP contribution in [0.2, 0.25) is 0 Å². The van der Waals surface area contributed by atoms with E-state index in [2.05, 4.69) is 31.3 Å². The second kappa shape index (κ2) is 71.1. The molecule has 6 heteroatoms. The Morgan fingerprint density at radius 1 is 0.333 bits per heavy atom. The number of esters is 1. The van der Waals surface area contributed by atoms with Gasteiger partial charge in [0.2, 0.25) is 5.91 Å². The van der Waals surface area contributed by atoms with Crippen molar-refractivity contribution in [1.29, 1.82) is 0 Å². The lowest BCUT2D eigenvalue weighted by molar-refractivity contribution is -0.143. The molecule has 0 heterocycles. The molecule has 2 atom stereocenters. The van der Waals surface area contributed by atoms with Crippen LogP contribution in [0, 0.1) is 0 Å². The van der Waals surface area contributed by atoms with Gasteiger partial charge in [-0.25, -0.2) is 0 Å². The van der Waals surface area contributed by atoms with Crippen molar-refractivity contribution >= 4 is 11.9 Å². The molecule has 0 spiro atoms. The van der Waals surface area contributed by atoms with Crippen LogP contribution in [-0.4, -0.2) is 47.4 Å². The van der Waals surface area contributed by atoms with E-state index in [1.807, 2.05) is 0 Å². The van der Waals surface area contributed by atoms with E-state index in [4.69, 9.17) is 4.74 Å². The standard InChI is InChI=1S/C75H147NO5/c1-3-5-7-9-11-13-15-17-19-20-36-40-43-47-51-55-59-63-67-73(78)72(71-77)76-74(79)68-64-60-56-52-48-44-41-37-34-32-30-28-26-24-22-21-23-25-27-29-31-33-35-38-42-46-50-54-58-62-66-70-81-75(80)69-65-61-57-53-49-45-39-18-16-14-12-10-8-6-4-2/h18,39,72-73,77-78H,3-17,19-38,40-71H2,1-2H3,(H,76,79)/b39-18-. The molecular weight excluding hydrogens is 995 g/mol. The Hall–Kier alpha value is -1.40. The largest absolute Gasteiger partial charge is 0.466 e. The molecule has 1 amide bonds. The zero-order valence-electron chi connectivity index (χ0n) is 55.3. The smallest absolute Gasteiger partial charge is 0.305 e. The first-order valence-corrected chi connectivity index (χ1v) is 37.4. The van der Waals surface area contributed by atoms with E-state index in [1.165, 1.54) is 353 Å². The lowest BCUT2D eigenvalue weighted by Gasteiger charge is -2.22.